The molecular weight excluding hydrogens is 158 g/mol. The van der Waals surface area contributed by atoms with Gasteiger partial charge in [0.25, 0.3) is 0 Å². The third-order valence-corrected chi connectivity index (χ3v) is 1.98. The minimum absolute atomic E-state index is 0.150. The Bertz CT molecular complexity index is 318. The van der Waals surface area contributed by atoms with E-state index in [9.17, 15) is 4.79 Å². The molecule has 12 heavy (non-hydrogen) atoms. The molecule has 1 aromatic rings. The molecule has 0 bridgehead atoms. The number of hydrogen-bond acceptors (Lipinski definition) is 3. The Hall–Kier alpha value is -1.52. The van der Waals surface area contributed by atoms with Crippen LogP contribution in [0.3, 0.4) is 0 Å². The maximum absolute atomic E-state index is 10.6. The minimum atomic E-state index is -0.962. The number of rotatable bonds is 1. The van der Waals surface area contributed by atoms with Gasteiger partial charge in [0.15, 0.2) is 5.69 Å². The fraction of sp³-hybridized carbons (Fsp3) is 0.429. The molecule has 0 atom stereocenters. The van der Waals surface area contributed by atoms with Crippen molar-refractivity contribution in [2.75, 3.05) is 11.9 Å². The number of aromatic nitrogens is 2. The van der Waals surface area contributed by atoms with Crippen LogP contribution in [0.2, 0.25) is 0 Å². The zero-order valence-electron chi connectivity index (χ0n) is 6.42. The van der Waals surface area contributed by atoms with Gasteiger partial charge in [0, 0.05) is 12.1 Å². The highest BCUT2D eigenvalue weighted by atomic mass is 16.4. The second-order valence-corrected chi connectivity index (χ2v) is 2.76. The number of aromatic carboxylic acids is 1. The zero-order chi connectivity index (χ0) is 8.55. The van der Waals surface area contributed by atoms with Crippen LogP contribution in [-0.2, 0) is 6.42 Å². The number of H-pyrrole nitrogens is 1. The Morgan fingerprint density at radius 3 is 3.17 bits per heavy atom. The summed E-state index contributed by atoms with van der Waals surface area (Å²) in [5.41, 5.74) is 0.950. The normalized spacial score (nSPS) is 15.0. The van der Waals surface area contributed by atoms with Crippen molar-refractivity contribution >= 4 is 11.8 Å². The number of carboxylic acids is 1. The van der Waals surface area contributed by atoms with Crippen LogP contribution in [0.5, 0.6) is 0 Å². The quantitative estimate of drug-likeness (QED) is 0.568. The second kappa shape index (κ2) is 2.51. The molecule has 0 unspecified atom stereocenters. The third-order valence-electron chi connectivity index (χ3n) is 1.98. The molecule has 0 saturated carbocycles. The standard InChI is InChI=1S/C7H9N3O2/c11-7(12)5-4-2-1-3-8-6(4)10-9-5/h1-3H2,(H,11,12)(H2,8,9,10). The summed E-state index contributed by atoms with van der Waals surface area (Å²) < 4.78 is 0. The molecule has 5 nitrogen and oxygen atoms in total. The number of carboxylic acid groups (broad SMARTS) is 1. The van der Waals surface area contributed by atoms with Gasteiger partial charge in [-0.1, -0.05) is 0 Å². The van der Waals surface area contributed by atoms with E-state index < -0.39 is 5.97 Å². The van der Waals surface area contributed by atoms with Crippen LogP contribution in [0.15, 0.2) is 0 Å². The molecule has 1 aromatic heterocycles. The highest BCUT2D eigenvalue weighted by molar-refractivity contribution is 5.88. The molecule has 2 rings (SSSR count). The molecule has 0 aliphatic carbocycles. The van der Waals surface area contributed by atoms with Gasteiger partial charge in [-0.2, -0.15) is 5.10 Å². The van der Waals surface area contributed by atoms with E-state index in [1.54, 1.807) is 0 Å². The summed E-state index contributed by atoms with van der Waals surface area (Å²) in [4.78, 5) is 10.6. The van der Waals surface area contributed by atoms with Crippen molar-refractivity contribution in [3.63, 3.8) is 0 Å². The van der Waals surface area contributed by atoms with E-state index in [0.717, 1.165) is 30.8 Å². The predicted molar refractivity (Wildman–Crippen MR) is 42.4 cm³/mol. The lowest BCUT2D eigenvalue weighted by atomic mass is 10.1. The van der Waals surface area contributed by atoms with Gasteiger partial charge in [-0.25, -0.2) is 4.79 Å². The Kier molecular flexibility index (Phi) is 1.49. The van der Waals surface area contributed by atoms with Crippen LogP contribution >= 0.6 is 0 Å². The first-order valence-electron chi connectivity index (χ1n) is 3.83. The number of nitrogens with one attached hydrogen (secondary N) is 2. The number of carbonyl (C=O) groups is 1. The molecule has 2 heterocycles. The number of hydrogen-bond donors (Lipinski definition) is 3. The van der Waals surface area contributed by atoms with Crippen LogP contribution < -0.4 is 5.32 Å². The molecular formula is C7H9N3O2. The highest BCUT2D eigenvalue weighted by Gasteiger charge is 2.20. The van der Waals surface area contributed by atoms with Gasteiger partial charge in [0.05, 0.1) is 0 Å². The van der Waals surface area contributed by atoms with E-state index in [2.05, 4.69) is 15.5 Å². The van der Waals surface area contributed by atoms with E-state index in [1.165, 1.54) is 0 Å². The summed E-state index contributed by atoms with van der Waals surface area (Å²) in [5, 5.41) is 18.2. The first-order chi connectivity index (χ1) is 5.79. The zero-order valence-corrected chi connectivity index (χ0v) is 6.42. The first-order valence-corrected chi connectivity index (χ1v) is 3.83. The SMILES string of the molecule is O=C(O)c1n[nH]c2c1CCCN2. The molecule has 0 saturated heterocycles. The fourth-order valence-electron chi connectivity index (χ4n) is 1.41. The lowest BCUT2D eigenvalue weighted by Gasteiger charge is -2.12. The van der Waals surface area contributed by atoms with Gasteiger partial charge < -0.3 is 10.4 Å². The van der Waals surface area contributed by atoms with Crippen LogP contribution in [0, 0.1) is 0 Å². The van der Waals surface area contributed by atoms with E-state index in [1.807, 2.05) is 0 Å². The summed E-state index contributed by atoms with van der Waals surface area (Å²) in [6.07, 6.45) is 1.76. The summed E-state index contributed by atoms with van der Waals surface area (Å²) in [7, 11) is 0. The maximum atomic E-state index is 10.6. The predicted octanol–water partition coefficient (Wildman–Crippen LogP) is 0.466. The monoisotopic (exact) mass is 167 g/mol. The third kappa shape index (κ3) is 0.939. The van der Waals surface area contributed by atoms with Crippen molar-refractivity contribution in [1.82, 2.24) is 10.2 Å². The number of fused-ring (bicyclic) bond motifs is 1. The minimum Gasteiger partial charge on any atom is -0.476 e. The van der Waals surface area contributed by atoms with Crippen LogP contribution in [0.1, 0.15) is 22.5 Å². The Labute approximate surface area is 68.8 Å². The molecule has 0 aromatic carbocycles. The molecule has 3 N–H and O–H groups in total. The van der Waals surface area contributed by atoms with Crippen molar-refractivity contribution in [3.05, 3.63) is 11.3 Å². The molecule has 0 spiro atoms. The van der Waals surface area contributed by atoms with Gasteiger partial charge in [-0.05, 0) is 12.8 Å². The summed E-state index contributed by atoms with van der Waals surface area (Å²) in [5.74, 6) is -0.199. The van der Waals surface area contributed by atoms with E-state index >= 15 is 0 Å². The van der Waals surface area contributed by atoms with Gasteiger partial charge in [-0.3, -0.25) is 5.10 Å². The lowest BCUT2D eigenvalue weighted by Crippen LogP contribution is -2.12. The van der Waals surface area contributed by atoms with E-state index in [-0.39, 0.29) is 5.69 Å². The van der Waals surface area contributed by atoms with Crippen LogP contribution in [0.4, 0.5) is 5.82 Å². The molecule has 5 heteroatoms. The first kappa shape index (κ1) is 7.15. The Morgan fingerprint density at radius 2 is 2.42 bits per heavy atom. The van der Waals surface area contributed by atoms with Crippen LogP contribution in [-0.4, -0.2) is 27.8 Å². The molecule has 1 aliphatic heterocycles. The molecule has 0 amide bonds. The van der Waals surface area contributed by atoms with Crippen molar-refractivity contribution in [2.45, 2.75) is 12.8 Å². The molecule has 1 aliphatic rings. The molecule has 0 radical (unpaired) electrons. The largest absolute Gasteiger partial charge is 0.476 e. The van der Waals surface area contributed by atoms with Gasteiger partial charge in [-0.15, -0.1) is 0 Å². The summed E-state index contributed by atoms with van der Waals surface area (Å²) in [6, 6.07) is 0. The molecule has 0 fully saturated rings. The van der Waals surface area contributed by atoms with Crippen molar-refractivity contribution in [3.8, 4) is 0 Å². The highest BCUT2D eigenvalue weighted by Crippen LogP contribution is 2.21. The number of nitrogens with zero attached hydrogens (tertiary/aromatic N) is 1. The molecule has 64 valence electrons. The topological polar surface area (TPSA) is 78.0 Å². The maximum Gasteiger partial charge on any atom is 0.356 e. The lowest BCUT2D eigenvalue weighted by molar-refractivity contribution is 0.0689. The van der Waals surface area contributed by atoms with Gasteiger partial charge >= 0.3 is 5.97 Å². The Morgan fingerprint density at radius 1 is 1.58 bits per heavy atom. The van der Waals surface area contributed by atoms with E-state index in [4.69, 9.17) is 5.11 Å². The smallest absolute Gasteiger partial charge is 0.356 e. The van der Waals surface area contributed by atoms with Crippen molar-refractivity contribution in [1.29, 1.82) is 0 Å². The van der Waals surface area contributed by atoms with Crippen LogP contribution in [0.25, 0.3) is 0 Å². The van der Waals surface area contributed by atoms with E-state index in [0.29, 0.717) is 0 Å². The van der Waals surface area contributed by atoms with Crippen molar-refractivity contribution < 1.29 is 9.90 Å². The average Bonchev–Trinajstić information content (AvgIpc) is 2.47. The second-order valence-electron chi connectivity index (χ2n) is 2.76. The number of anilines is 1. The summed E-state index contributed by atoms with van der Waals surface area (Å²) >= 11 is 0. The van der Waals surface area contributed by atoms with Crippen molar-refractivity contribution in [2.24, 2.45) is 0 Å². The van der Waals surface area contributed by atoms with Gasteiger partial charge in [0.1, 0.15) is 5.82 Å². The fourth-order valence-corrected chi connectivity index (χ4v) is 1.41. The van der Waals surface area contributed by atoms with Gasteiger partial charge in [0.2, 0.25) is 0 Å². The Balaban J connectivity index is 2.44. The summed E-state index contributed by atoms with van der Waals surface area (Å²) in [6.45, 7) is 0.883. The number of aromatic amines is 1. The average molecular weight is 167 g/mol.